The molecule has 3 heterocycles. The number of nitrogens with zero attached hydrogens (tertiary/aromatic N) is 2. The number of rotatable bonds is 16. The molecule has 1 saturated carbocycles. The highest BCUT2D eigenvalue weighted by Crippen LogP contribution is 2.39. The van der Waals surface area contributed by atoms with Crippen LogP contribution in [-0.4, -0.2) is 157 Å². The maximum atomic E-state index is 14.5. The molecule has 16 nitrogen and oxygen atoms in total. The number of fused-ring (bicyclic) bond motifs is 3. The second-order valence-corrected chi connectivity index (χ2v) is 21.6. The maximum absolute atomic E-state index is 14.5. The largest absolute Gasteiger partial charge is 0.456 e. The number of amides is 2. The molecule has 1 aliphatic carbocycles. The van der Waals surface area contributed by atoms with Gasteiger partial charge in [0, 0.05) is 70.0 Å². The van der Waals surface area contributed by atoms with Crippen molar-refractivity contribution in [3.63, 3.8) is 0 Å². The number of esters is 1. The zero-order valence-corrected chi connectivity index (χ0v) is 44.7. The Morgan fingerprint density at radius 3 is 2.35 bits per heavy atom. The van der Waals surface area contributed by atoms with E-state index in [9.17, 15) is 39.3 Å². The monoisotopic (exact) mass is 1020 g/mol. The second kappa shape index (κ2) is 29.4. The number of carbonyl (C=O) groups excluding carboxylic acids is 5. The number of piperidine rings is 1. The number of carbonyl (C=O) groups is 5. The first-order chi connectivity index (χ1) is 33.8. The van der Waals surface area contributed by atoms with Crippen molar-refractivity contribution in [2.45, 2.75) is 180 Å². The summed E-state index contributed by atoms with van der Waals surface area (Å²) < 4.78 is 30.1. The van der Waals surface area contributed by atoms with E-state index in [1.807, 2.05) is 52.0 Å². The van der Waals surface area contributed by atoms with Crippen LogP contribution in [0.5, 0.6) is 0 Å². The van der Waals surface area contributed by atoms with Crippen molar-refractivity contribution in [1.29, 1.82) is 0 Å². The molecular formula is C54H85N3O13S. The molecule has 0 unspecified atom stereocenters. The summed E-state index contributed by atoms with van der Waals surface area (Å²) in [6.45, 7) is 15.2. The smallest absolute Gasteiger partial charge is 0.329 e. The van der Waals surface area contributed by atoms with E-state index >= 15 is 0 Å². The van der Waals surface area contributed by atoms with Gasteiger partial charge in [-0.3, -0.25) is 24.2 Å². The molecule has 17 heteroatoms. The number of aliphatic hydroxyl groups excluding tert-OH is 2. The van der Waals surface area contributed by atoms with Crippen LogP contribution in [0.25, 0.3) is 0 Å². The quantitative estimate of drug-likeness (QED) is 0.0336. The minimum absolute atomic E-state index is 0.0281. The molecule has 400 valence electrons. The second-order valence-electron chi connectivity index (χ2n) is 20.4. The number of ether oxygens (including phenoxy) is 5. The van der Waals surface area contributed by atoms with Crippen LogP contribution in [0.1, 0.15) is 125 Å². The van der Waals surface area contributed by atoms with Crippen molar-refractivity contribution >= 4 is 47.8 Å². The van der Waals surface area contributed by atoms with Gasteiger partial charge in [-0.25, -0.2) is 4.79 Å². The van der Waals surface area contributed by atoms with Crippen molar-refractivity contribution in [2.24, 2.45) is 34.6 Å². The lowest BCUT2D eigenvalue weighted by Gasteiger charge is -2.47. The molecule has 4 N–H and O–H groups in total. The van der Waals surface area contributed by atoms with Crippen molar-refractivity contribution in [3.8, 4) is 0 Å². The summed E-state index contributed by atoms with van der Waals surface area (Å²) in [4.78, 5) is 75.4. The van der Waals surface area contributed by atoms with Gasteiger partial charge in [0.25, 0.3) is 11.7 Å². The molecule has 4 aliphatic rings. The van der Waals surface area contributed by atoms with E-state index in [0.717, 1.165) is 11.3 Å². The third-order valence-electron chi connectivity index (χ3n) is 14.9. The lowest BCUT2D eigenvalue weighted by atomic mass is 9.81. The Balaban J connectivity index is 1.67. The number of Topliss-reactive ketones (excluding diaryl/α,β-unsaturated/α-hetero) is 2. The molecule has 0 spiro atoms. The van der Waals surface area contributed by atoms with E-state index < -0.39 is 83.9 Å². The number of hydrogen-bond acceptors (Lipinski definition) is 15. The highest BCUT2D eigenvalue weighted by molar-refractivity contribution is 7.99. The molecular weight excluding hydrogens is 931 g/mol. The van der Waals surface area contributed by atoms with E-state index in [0.29, 0.717) is 81.4 Å². The average molecular weight is 1020 g/mol. The van der Waals surface area contributed by atoms with Gasteiger partial charge in [-0.1, -0.05) is 50.6 Å². The van der Waals surface area contributed by atoms with Crippen molar-refractivity contribution in [2.75, 3.05) is 45.9 Å². The first kappa shape index (κ1) is 60.0. The molecule has 2 saturated heterocycles. The van der Waals surface area contributed by atoms with Gasteiger partial charge >= 0.3 is 5.97 Å². The summed E-state index contributed by atoms with van der Waals surface area (Å²) in [5, 5.41) is 37.7. The summed E-state index contributed by atoms with van der Waals surface area (Å²) in [7, 11) is 4.61. The van der Waals surface area contributed by atoms with Gasteiger partial charge < -0.3 is 49.2 Å². The fourth-order valence-electron chi connectivity index (χ4n) is 10.7. The Hall–Kier alpha value is -3.55. The van der Waals surface area contributed by atoms with Gasteiger partial charge in [0.05, 0.1) is 36.9 Å². The number of cyclic esters (lactones) is 1. The summed E-state index contributed by atoms with van der Waals surface area (Å²) >= 11 is 1.67. The van der Waals surface area contributed by atoms with Gasteiger partial charge in [0.15, 0.2) is 0 Å². The van der Waals surface area contributed by atoms with Gasteiger partial charge in [-0.05, 0) is 127 Å². The fraction of sp³-hybridized carbons (Fsp3) is 0.741. The molecule has 2 bridgehead atoms. The van der Waals surface area contributed by atoms with Crippen molar-refractivity contribution in [1.82, 2.24) is 10.2 Å². The minimum Gasteiger partial charge on any atom is -0.456 e. The van der Waals surface area contributed by atoms with E-state index in [1.165, 1.54) is 19.1 Å². The Morgan fingerprint density at radius 2 is 1.68 bits per heavy atom. The normalized spacial score (nSPS) is 35.5. The molecule has 4 rings (SSSR count). The maximum Gasteiger partial charge on any atom is 0.329 e. The first-order valence-corrected chi connectivity index (χ1v) is 26.9. The molecule has 0 radical (unpaired) electrons. The Bertz CT molecular complexity index is 1920. The number of methoxy groups -OCH3 is 3. The van der Waals surface area contributed by atoms with E-state index in [-0.39, 0.29) is 61.9 Å². The number of allylic oxidation sites excluding steroid dienone is 6. The van der Waals surface area contributed by atoms with E-state index in [2.05, 4.69) is 17.0 Å². The molecule has 3 fully saturated rings. The number of nitrogens with one attached hydrogen (secondary N) is 1. The highest BCUT2D eigenvalue weighted by Gasteiger charge is 2.56. The number of ketones is 2. The lowest BCUT2D eigenvalue weighted by molar-refractivity contribution is -0.302. The van der Waals surface area contributed by atoms with Gasteiger partial charge in [-0.15, -0.1) is 0 Å². The molecule has 0 aromatic heterocycles. The van der Waals surface area contributed by atoms with Gasteiger partial charge in [0.1, 0.15) is 24.0 Å². The first-order valence-electron chi connectivity index (χ1n) is 25.7. The molecule has 0 aromatic rings. The number of thioether (sulfide) groups is 1. The predicted molar refractivity (Wildman–Crippen MR) is 274 cm³/mol. The summed E-state index contributed by atoms with van der Waals surface area (Å²) in [5.74, 6) is -6.67. The van der Waals surface area contributed by atoms with Gasteiger partial charge in [-0.2, -0.15) is 11.8 Å². The van der Waals surface area contributed by atoms with E-state index in [4.69, 9.17) is 23.7 Å². The molecule has 3 aliphatic heterocycles. The zero-order valence-electron chi connectivity index (χ0n) is 43.8. The Labute approximate surface area is 426 Å². The standard InChI is InChI=1S/C54H85N3O13S/c1-11-12-17-40(55-7)31-48(61)56-21-24-71-23-15-16-39-26-33(2)25-34(3)27-46(67-9)50-47(68-10)29-36(5)54(65,70-50)51(62)52(63)57-22-14-13-18-41(57)53(64)69-49(37(6)43(59)32-44(39)60)35(4)28-38-19-20-42(58)45(30-38)66-8/h11-12,17,26,28,34,36-39,41-43,45-47,49-50,58-59,65H,7,13-16,18-25,27,29-32H2,1-6,8-10H3,(H,56,61)/b12-11-,33-26+,35-28+,40-17-/t34-,36+,37+,38-,39+,41-,42+,43-,45+,46-,47-,49+,50+,54+/m0/s1. The van der Waals surface area contributed by atoms with Crippen molar-refractivity contribution < 1.29 is 63.0 Å². The summed E-state index contributed by atoms with van der Waals surface area (Å²) in [6, 6.07) is -1.17. The number of hydrogen-bond donors (Lipinski definition) is 4. The Kier molecular flexibility index (Phi) is 24.8. The molecule has 71 heavy (non-hydrogen) atoms. The molecule has 14 atom stereocenters. The van der Waals surface area contributed by atoms with Crippen LogP contribution >= 0.6 is 11.8 Å². The van der Waals surface area contributed by atoms with Crippen LogP contribution in [0.15, 0.2) is 52.2 Å². The van der Waals surface area contributed by atoms with Gasteiger partial charge in [0.2, 0.25) is 11.7 Å². The lowest BCUT2D eigenvalue weighted by Crippen LogP contribution is -2.64. The topological polar surface area (TPSA) is 220 Å². The van der Waals surface area contributed by atoms with E-state index in [1.54, 1.807) is 38.8 Å². The summed E-state index contributed by atoms with van der Waals surface area (Å²) in [6.07, 6.45) is 9.28. The van der Waals surface area contributed by atoms with Crippen LogP contribution in [0.3, 0.4) is 0 Å². The van der Waals surface area contributed by atoms with Crippen LogP contribution in [-0.2, 0) is 47.7 Å². The Morgan fingerprint density at radius 1 is 0.972 bits per heavy atom. The van der Waals surface area contributed by atoms with Crippen LogP contribution in [0.2, 0.25) is 0 Å². The fourth-order valence-corrected chi connectivity index (χ4v) is 11.5. The average Bonchev–Trinajstić information content (AvgIpc) is 3.35. The van der Waals surface area contributed by atoms with Crippen LogP contribution < -0.4 is 5.32 Å². The third-order valence-corrected chi connectivity index (χ3v) is 15.9. The molecule has 2 amide bonds. The zero-order chi connectivity index (χ0) is 52.4. The molecule has 0 aromatic carbocycles. The summed E-state index contributed by atoms with van der Waals surface area (Å²) in [5.41, 5.74) is 2.18. The van der Waals surface area contributed by atoms with Crippen LogP contribution in [0, 0.1) is 29.6 Å². The minimum atomic E-state index is -2.54. The van der Waals surface area contributed by atoms with Crippen LogP contribution in [0.4, 0.5) is 0 Å². The SMILES string of the molecule is C=N/C(=C\C=C/C)CC(=O)NCCSCCC[C@@H]1/C=C(\C)C[C@H](C)C[C@H](OC)[C@H]2O[C@@](O)(C(=O)C(=O)N3CCCC[C@H]3C(=O)O[C@H](/C(C)=C/[C@@H]3CC[C@@H](O)[C@H](OC)C3)[C@H](C)[C@@H](O)CC1=O)[C@H](C)C[C@@H]2OC. The highest BCUT2D eigenvalue weighted by atomic mass is 32.2. The third kappa shape index (κ3) is 17.0. The number of aliphatic hydroxyl groups is 3. The van der Waals surface area contributed by atoms with Crippen molar-refractivity contribution in [3.05, 3.63) is 47.2 Å². The predicted octanol–water partition coefficient (Wildman–Crippen LogP) is 6.24. The number of aliphatic imine (C=N–C) groups is 1.